The van der Waals surface area contributed by atoms with E-state index in [1.165, 1.54) is 0 Å². The molecular formula is C12H13N5. The lowest BCUT2D eigenvalue weighted by molar-refractivity contribution is 0.678. The molecule has 5 nitrogen and oxygen atoms in total. The van der Waals surface area contributed by atoms with Crippen LogP contribution in [-0.2, 0) is 0 Å². The van der Waals surface area contributed by atoms with Crippen LogP contribution in [0, 0.1) is 5.41 Å². The molecule has 5 heteroatoms. The van der Waals surface area contributed by atoms with Gasteiger partial charge in [-0.2, -0.15) is 0 Å². The average Bonchev–Trinajstić information content (AvgIpc) is 2.40. The summed E-state index contributed by atoms with van der Waals surface area (Å²) >= 11 is 0. The molecule has 0 fully saturated rings. The quantitative estimate of drug-likeness (QED) is 0.415. The van der Waals surface area contributed by atoms with E-state index in [2.05, 4.69) is 15.3 Å². The zero-order valence-corrected chi connectivity index (χ0v) is 9.17. The fraction of sp³-hybridized carbons (Fsp3) is 0.0833. The number of nitrogens with zero attached hydrogens (tertiary/aromatic N) is 2. The number of aromatic nitrogens is 2. The van der Waals surface area contributed by atoms with Gasteiger partial charge >= 0.3 is 0 Å². The molecule has 4 N–H and O–H groups in total. The van der Waals surface area contributed by atoms with Crippen molar-refractivity contribution in [2.24, 2.45) is 5.73 Å². The van der Waals surface area contributed by atoms with Gasteiger partial charge in [-0.1, -0.05) is 0 Å². The van der Waals surface area contributed by atoms with Gasteiger partial charge in [0, 0.05) is 30.4 Å². The Hall–Kier alpha value is -2.27. The Morgan fingerprint density at radius 3 is 2.18 bits per heavy atom. The van der Waals surface area contributed by atoms with Gasteiger partial charge in [-0.05, 0) is 29.8 Å². The second kappa shape index (κ2) is 5.18. The van der Waals surface area contributed by atoms with Gasteiger partial charge < -0.3 is 11.1 Å². The van der Waals surface area contributed by atoms with Crippen LogP contribution in [0.15, 0.2) is 49.1 Å². The summed E-state index contributed by atoms with van der Waals surface area (Å²) < 4.78 is 0. The molecule has 0 radical (unpaired) electrons. The lowest BCUT2D eigenvalue weighted by Crippen LogP contribution is -2.34. The third-order valence-corrected chi connectivity index (χ3v) is 2.33. The highest BCUT2D eigenvalue weighted by Crippen LogP contribution is 2.06. The van der Waals surface area contributed by atoms with Crippen molar-refractivity contribution in [3.63, 3.8) is 0 Å². The van der Waals surface area contributed by atoms with Gasteiger partial charge in [0.1, 0.15) is 12.0 Å². The number of nitrogens with one attached hydrogen (secondary N) is 2. The van der Waals surface area contributed by atoms with Crippen LogP contribution < -0.4 is 11.1 Å². The maximum Gasteiger partial charge on any atom is 0.127 e. The molecular weight excluding hydrogens is 214 g/mol. The van der Waals surface area contributed by atoms with Crippen LogP contribution >= 0.6 is 0 Å². The van der Waals surface area contributed by atoms with E-state index in [0.29, 0.717) is 0 Å². The molecule has 0 amide bonds. The first-order valence-electron chi connectivity index (χ1n) is 5.18. The van der Waals surface area contributed by atoms with Crippen LogP contribution in [-0.4, -0.2) is 15.8 Å². The van der Waals surface area contributed by atoms with Crippen molar-refractivity contribution in [3.8, 4) is 0 Å². The van der Waals surface area contributed by atoms with Crippen LogP contribution in [0.5, 0.6) is 0 Å². The van der Waals surface area contributed by atoms with Crippen LogP contribution in [0.25, 0.3) is 0 Å². The summed E-state index contributed by atoms with van der Waals surface area (Å²) in [6.45, 7) is 0. The molecule has 0 saturated carbocycles. The van der Waals surface area contributed by atoms with Gasteiger partial charge in [0.2, 0.25) is 0 Å². The van der Waals surface area contributed by atoms with Crippen molar-refractivity contribution in [1.29, 1.82) is 5.41 Å². The van der Waals surface area contributed by atoms with Crippen molar-refractivity contribution in [3.05, 3.63) is 60.2 Å². The molecule has 0 aliphatic carbocycles. The first kappa shape index (κ1) is 11.2. The summed E-state index contributed by atoms with van der Waals surface area (Å²) in [6, 6.07) is 7.15. The molecule has 0 bridgehead atoms. The summed E-state index contributed by atoms with van der Waals surface area (Å²) in [5.41, 5.74) is 7.58. The summed E-state index contributed by atoms with van der Waals surface area (Å²) in [4.78, 5) is 7.82. The highest BCUT2D eigenvalue weighted by atomic mass is 15.1. The van der Waals surface area contributed by atoms with E-state index in [-0.39, 0.29) is 5.84 Å². The van der Waals surface area contributed by atoms with Crippen molar-refractivity contribution in [1.82, 2.24) is 15.3 Å². The molecule has 17 heavy (non-hydrogen) atoms. The van der Waals surface area contributed by atoms with Gasteiger partial charge in [0.05, 0.1) is 0 Å². The minimum absolute atomic E-state index is 0.275. The molecule has 2 aromatic heterocycles. The molecule has 2 rings (SSSR count). The van der Waals surface area contributed by atoms with Gasteiger partial charge in [0.15, 0.2) is 0 Å². The minimum Gasteiger partial charge on any atom is -0.351 e. The number of amidine groups is 1. The number of hydrogen-bond donors (Lipinski definition) is 3. The predicted octanol–water partition coefficient (Wildman–Crippen LogP) is 1.05. The third-order valence-electron chi connectivity index (χ3n) is 2.33. The largest absolute Gasteiger partial charge is 0.351 e. The molecule has 1 unspecified atom stereocenters. The monoisotopic (exact) mass is 227 g/mol. The maximum absolute atomic E-state index is 7.87. The van der Waals surface area contributed by atoms with Crippen molar-refractivity contribution >= 4 is 5.84 Å². The summed E-state index contributed by atoms with van der Waals surface area (Å²) in [5, 5.41) is 10.8. The van der Waals surface area contributed by atoms with Crippen LogP contribution in [0.3, 0.4) is 0 Å². The summed E-state index contributed by atoms with van der Waals surface area (Å²) in [7, 11) is 0. The first-order valence-corrected chi connectivity index (χ1v) is 5.18. The smallest absolute Gasteiger partial charge is 0.127 e. The fourth-order valence-electron chi connectivity index (χ4n) is 1.41. The SMILES string of the molecule is N=C(NC(N)c1ccncc1)c1ccncc1. The Morgan fingerprint density at radius 2 is 1.59 bits per heavy atom. The molecule has 86 valence electrons. The molecule has 0 spiro atoms. The molecule has 1 atom stereocenters. The zero-order chi connectivity index (χ0) is 12.1. The number of pyridine rings is 2. The van der Waals surface area contributed by atoms with Crippen molar-refractivity contribution < 1.29 is 0 Å². The van der Waals surface area contributed by atoms with Gasteiger partial charge in [-0.3, -0.25) is 15.4 Å². The maximum atomic E-state index is 7.87. The second-order valence-electron chi connectivity index (χ2n) is 3.51. The molecule has 0 aliphatic heterocycles. The Kier molecular flexibility index (Phi) is 3.42. The minimum atomic E-state index is -0.418. The molecule has 0 aromatic carbocycles. The number of hydrogen-bond acceptors (Lipinski definition) is 4. The average molecular weight is 227 g/mol. The molecule has 2 heterocycles. The normalized spacial score (nSPS) is 11.8. The molecule has 0 aliphatic rings. The highest BCUT2D eigenvalue weighted by molar-refractivity contribution is 5.96. The van der Waals surface area contributed by atoms with E-state index in [9.17, 15) is 0 Å². The van der Waals surface area contributed by atoms with Crippen LogP contribution in [0.4, 0.5) is 0 Å². The van der Waals surface area contributed by atoms with Gasteiger partial charge in [0.25, 0.3) is 0 Å². The van der Waals surface area contributed by atoms with Crippen LogP contribution in [0.2, 0.25) is 0 Å². The Labute approximate surface area is 99.2 Å². The highest BCUT2D eigenvalue weighted by Gasteiger charge is 2.08. The van der Waals surface area contributed by atoms with E-state index in [1.54, 1.807) is 36.9 Å². The lowest BCUT2D eigenvalue weighted by Gasteiger charge is -2.15. The molecule has 2 aromatic rings. The zero-order valence-electron chi connectivity index (χ0n) is 9.17. The first-order chi connectivity index (χ1) is 8.27. The number of nitrogens with two attached hydrogens (primary N) is 1. The predicted molar refractivity (Wildman–Crippen MR) is 65.4 cm³/mol. The summed E-state index contributed by atoms with van der Waals surface area (Å²) in [6.07, 6.45) is 6.21. The molecule has 0 saturated heterocycles. The van der Waals surface area contributed by atoms with Crippen LogP contribution in [0.1, 0.15) is 17.3 Å². The van der Waals surface area contributed by atoms with Gasteiger partial charge in [-0.15, -0.1) is 0 Å². The lowest BCUT2D eigenvalue weighted by atomic mass is 10.2. The van der Waals surface area contributed by atoms with E-state index in [1.807, 2.05) is 12.1 Å². The Bertz CT molecular complexity index is 483. The second-order valence-corrected chi connectivity index (χ2v) is 3.51. The van der Waals surface area contributed by atoms with Crippen molar-refractivity contribution in [2.75, 3.05) is 0 Å². The van der Waals surface area contributed by atoms with E-state index in [4.69, 9.17) is 11.1 Å². The summed E-state index contributed by atoms with van der Waals surface area (Å²) in [5.74, 6) is 0.275. The number of rotatable bonds is 3. The van der Waals surface area contributed by atoms with Gasteiger partial charge in [-0.25, -0.2) is 0 Å². The van der Waals surface area contributed by atoms with E-state index in [0.717, 1.165) is 11.1 Å². The van der Waals surface area contributed by atoms with E-state index >= 15 is 0 Å². The Balaban J connectivity index is 2.05. The fourth-order valence-corrected chi connectivity index (χ4v) is 1.41. The standard InChI is InChI=1S/C12H13N5/c13-11(9-1-5-15-6-2-9)17-12(14)10-3-7-16-8-4-10/h1-8,11H,13H2,(H2,14,17). The van der Waals surface area contributed by atoms with E-state index < -0.39 is 6.17 Å². The van der Waals surface area contributed by atoms with Crippen molar-refractivity contribution in [2.45, 2.75) is 6.17 Å². The third kappa shape index (κ3) is 2.85. The topological polar surface area (TPSA) is 87.7 Å². The Morgan fingerprint density at radius 1 is 1.06 bits per heavy atom.